The maximum atomic E-state index is 12.9. The normalized spacial score (nSPS) is 15.6. The SMILES string of the molecule is C=CCn1c(SCC2=C(C(=O)OCC)C(c3ccc(Cl)cc3)NC(=O)N2)nnc1-c1ccco1. The Morgan fingerprint density at radius 1 is 1.32 bits per heavy atom. The first kappa shape index (κ1) is 23.7. The molecule has 3 heterocycles. The summed E-state index contributed by atoms with van der Waals surface area (Å²) in [4.78, 5) is 25.4. The molecule has 0 aliphatic carbocycles. The Kier molecular flexibility index (Phi) is 7.39. The minimum Gasteiger partial charge on any atom is -0.463 e. The summed E-state index contributed by atoms with van der Waals surface area (Å²) in [5.74, 6) is 0.861. The molecule has 1 aliphatic heterocycles. The van der Waals surface area contributed by atoms with Crippen LogP contribution in [0.3, 0.4) is 0 Å². The number of thioether (sulfide) groups is 1. The van der Waals surface area contributed by atoms with E-state index in [0.29, 0.717) is 45.1 Å². The predicted octanol–water partition coefficient (Wildman–Crippen LogP) is 4.34. The Hall–Kier alpha value is -3.50. The van der Waals surface area contributed by atoms with E-state index in [4.69, 9.17) is 20.8 Å². The number of esters is 1. The zero-order valence-corrected chi connectivity index (χ0v) is 19.9. The fourth-order valence-electron chi connectivity index (χ4n) is 3.50. The van der Waals surface area contributed by atoms with Crippen LogP contribution in [0.25, 0.3) is 11.6 Å². The summed E-state index contributed by atoms with van der Waals surface area (Å²) in [5, 5.41) is 15.2. The van der Waals surface area contributed by atoms with Crippen molar-refractivity contribution in [3.8, 4) is 11.6 Å². The van der Waals surface area contributed by atoms with Crippen molar-refractivity contribution in [1.82, 2.24) is 25.4 Å². The highest BCUT2D eigenvalue weighted by Gasteiger charge is 2.34. The number of carbonyl (C=O) groups excluding carboxylic acids is 2. The van der Waals surface area contributed by atoms with Crippen LogP contribution in [0.15, 0.2) is 76.2 Å². The number of nitrogens with one attached hydrogen (secondary N) is 2. The fourth-order valence-corrected chi connectivity index (χ4v) is 4.54. The maximum Gasteiger partial charge on any atom is 0.338 e. The number of carbonyl (C=O) groups is 2. The van der Waals surface area contributed by atoms with Crippen LogP contribution in [-0.2, 0) is 16.1 Å². The molecule has 0 bridgehead atoms. The van der Waals surface area contributed by atoms with Gasteiger partial charge in [-0.05, 0) is 36.8 Å². The lowest BCUT2D eigenvalue weighted by Crippen LogP contribution is -2.46. The van der Waals surface area contributed by atoms with Gasteiger partial charge in [-0.25, -0.2) is 9.59 Å². The molecule has 2 N–H and O–H groups in total. The Labute approximate surface area is 205 Å². The summed E-state index contributed by atoms with van der Waals surface area (Å²) < 4.78 is 12.6. The van der Waals surface area contributed by atoms with E-state index in [1.165, 1.54) is 11.8 Å². The van der Waals surface area contributed by atoms with Crippen LogP contribution < -0.4 is 10.6 Å². The molecule has 4 rings (SSSR count). The van der Waals surface area contributed by atoms with E-state index in [-0.39, 0.29) is 12.4 Å². The van der Waals surface area contributed by atoms with Gasteiger partial charge >= 0.3 is 12.0 Å². The minimum atomic E-state index is -0.689. The van der Waals surface area contributed by atoms with Crippen LogP contribution in [-0.4, -0.2) is 39.1 Å². The highest BCUT2D eigenvalue weighted by molar-refractivity contribution is 7.99. The van der Waals surface area contributed by atoms with Crippen LogP contribution in [0.1, 0.15) is 18.5 Å². The van der Waals surface area contributed by atoms with E-state index in [2.05, 4.69) is 27.4 Å². The van der Waals surface area contributed by atoms with Crippen molar-refractivity contribution in [2.24, 2.45) is 0 Å². The highest BCUT2D eigenvalue weighted by atomic mass is 35.5. The zero-order chi connectivity index (χ0) is 24.1. The fraction of sp³-hybridized carbons (Fsp3) is 0.217. The summed E-state index contributed by atoms with van der Waals surface area (Å²) in [6, 6.07) is 9.39. The average molecular weight is 500 g/mol. The Morgan fingerprint density at radius 2 is 2.12 bits per heavy atom. The first-order valence-corrected chi connectivity index (χ1v) is 11.8. The molecule has 9 nitrogen and oxygen atoms in total. The Bertz CT molecular complexity index is 1220. The number of rotatable bonds is 9. The lowest BCUT2D eigenvalue weighted by atomic mass is 9.95. The molecular weight excluding hydrogens is 478 g/mol. The number of hydrogen-bond donors (Lipinski definition) is 2. The van der Waals surface area contributed by atoms with Crippen molar-refractivity contribution < 1.29 is 18.7 Å². The van der Waals surface area contributed by atoms with Gasteiger partial charge in [0.15, 0.2) is 10.9 Å². The molecule has 1 aromatic carbocycles. The molecule has 0 fully saturated rings. The van der Waals surface area contributed by atoms with E-state index >= 15 is 0 Å². The van der Waals surface area contributed by atoms with Gasteiger partial charge in [0.1, 0.15) is 0 Å². The zero-order valence-electron chi connectivity index (χ0n) is 18.3. The number of urea groups is 1. The molecule has 176 valence electrons. The summed E-state index contributed by atoms with van der Waals surface area (Å²) in [6.45, 7) is 6.19. The lowest BCUT2D eigenvalue weighted by Gasteiger charge is -2.29. The molecular formula is C23H22ClN5O4S. The summed E-state index contributed by atoms with van der Waals surface area (Å²) in [7, 11) is 0. The number of ether oxygens (including phenoxy) is 1. The van der Waals surface area contributed by atoms with E-state index < -0.39 is 18.0 Å². The second-order valence-corrected chi connectivity index (χ2v) is 8.55. The summed E-state index contributed by atoms with van der Waals surface area (Å²) >= 11 is 7.34. The number of hydrogen-bond acceptors (Lipinski definition) is 7. The van der Waals surface area contributed by atoms with Gasteiger partial charge in [0.2, 0.25) is 5.82 Å². The highest BCUT2D eigenvalue weighted by Crippen LogP contribution is 2.32. The van der Waals surface area contributed by atoms with E-state index in [0.717, 1.165) is 0 Å². The van der Waals surface area contributed by atoms with E-state index in [1.54, 1.807) is 55.7 Å². The topological polar surface area (TPSA) is 111 Å². The molecule has 0 saturated heterocycles. The van der Waals surface area contributed by atoms with Gasteiger partial charge in [0.25, 0.3) is 0 Å². The number of benzene rings is 1. The van der Waals surface area contributed by atoms with E-state index in [9.17, 15) is 9.59 Å². The number of furan rings is 1. The van der Waals surface area contributed by atoms with Crippen LogP contribution >= 0.6 is 23.4 Å². The van der Waals surface area contributed by atoms with Crippen molar-refractivity contribution in [2.45, 2.75) is 24.7 Å². The molecule has 11 heteroatoms. The van der Waals surface area contributed by atoms with Crippen molar-refractivity contribution in [1.29, 1.82) is 0 Å². The molecule has 3 aromatic rings. The largest absolute Gasteiger partial charge is 0.463 e. The maximum absolute atomic E-state index is 12.9. The van der Waals surface area contributed by atoms with Gasteiger partial charge in [0, 0.05) is 23.0 Å². The predicted molar refractivity (Wildman–Crippen MR) is 128 cm³/mol. The second kappa shape index (κ2) is 10.6. The van der Waals surface area contributed by atoms with Crippen LogP contribution in [0.5, 0.6) is 0 Å². The number of nitrogens with zero attached hydrogens (tertiary/aromatic N) is 3. The summed E-state index contributed by atoms with van der Waals surface area (Å²) in [5.41, 5.74) is 1.46. The molecule has 1 atom stereocenters. The van der Waals surface area contributed by atoms with Crippen molar-refractivity contribution in [2.75, 3.05) is 12.4 Å². The van der Waals surface area contributed by atoms with Gasteiger partial charge in [-0.2, -0.15) is 0 Å². The Balaban J connectivity index is 1.68. The molecule has 0 saturated carbocycles. The van der Waals surface area contributed by atoms with Crippen LogP contribution in [0, 0.1) is 0 Å². The van der Waals surface area contributed by atoms with Gasteiger partial charge in [-0.1, -0.05) is 41.6 Å². The average Bonchev–Trinajstić information content (AvgIpc) is 3.48. The third kappa shape index (κ3) is 5.02. The van der Waals surface area contributed by atoms with Crippen LogP contribution in [0.4, 0.5) is 4.79 Å². The second-order valence-electron chi connectivity index (χ2n) is 7.17. The van der Waals surface area contributed by atoms with Gasteiger partial charge in [-0.15, -0.1) is 16.8 Å². The molecule has 2 aromatic heterocycles. The van der Waals surface area contributed by atoms with Crippen LogP contribution in [0.2, 0.25) is 5.02 Å². The third-order valence-corrected chi connectivity index (χ3v) is 6.21. The number of amides is 2. The number of halogens is 1. The first-order valence-electron chi connectivity index (χ1n) is 10.5. The monoisotopic (exact) mass is 499 g/mol. The van der Waals surface area contributed by atoms with Gasteiger partial charge < -0.3 is 19.8 Å². The minimum absolute atomic E-state index is 0.199. The standard InChI is InChI=1S/C23H22ClN5O4S/c1-3-11-29-20(17-6-5-12-33-17)27-28-23(29)34-13-16-18(21(30)32-4-2)19(26-22(31)25-16)14-7-9-15(24)10-8-14/h3,5-10,12,19H,1,4,11,13H2,2H3,(H2,25,26,31). The molecule has 1 unspecified atom stereocenters. The van der Waals surface area contributed by atoms with Gasteiger partial charge in [0.05, 0.1) is 24.5 Å². The lowest BCUT2D eigenvalue weighted by molar-refractivity contribution is -0.139. The number of aromatic nitrogens is 3. The van der Waals surface area contributed by atoms with Gasteiger partial charge in [-0.3, -0.25) is 4.57 Å². The molecule has 0 radical (unpaired) electrons. The van der Waals surface area contributed by atoms with E-state index in [1.807, 2.05) is 4.57 Å². The smallest absolute Gasteiger partial charge is 0.338 e. The number of allylic oxidation sites excluding steroid dienone is 1. The van der Waals surface area contributed by atoms with Crippen molar-refractivity contribution in [3.05, 3.63) is 77.2 Å². The Morgan fingerprint density at radius 3 is 2.79 bits per heavy atom. The summed E-state index contributed by atoms with van der Waals surface area (Å²) in [6.07, 6.45) is 3.29. The van der Waals surface area contributed by atoms with Crippen molar-refractivity contribution >= 4 is 35.4 Å². The quantitative estimate of drug-likeness (QED) is 0.256. The molecule has 34 heavy (non-hydrogen) atoms. The molecule has 1 aliphatic rings. The molecule has 0 spiro atoms. The van der Waals surface area contributed by atoms with Crippen molar-refractivity contribution in [3.63, 3.8) is 0 Å². The molecule has 2 amide bonds. The first-order chi connectivity index (χ1) is 16.5. The third-order valence-electron chi connectivity index (χ3n) is 4.97.